The third-order valence-electron chi connectivity index (χ3n) is 3.71. The molecule has 1 heterocycles. The molecule has 1 aliphatic heterocycles. The van der Waals surface area contributed by atoms with Crippen molar-refractivity contribution in [1.82, 2.24) is 4.90 Å². The molecule has 1 saturated heterocycles. The molecule has 0 spiro atoms. The van der Waals surface area contributed by atoms with Gasteiger partial charge in [-0.05, 0) is 12.8 Å². The Kier molecular flexibility index (Phi) is 4.18. The van der Waals surface area contributed by atoms with Crippen LogP contribution in [-0.4, -0.2) is 47.8 Å². The van der Waals surface area contributed by atoms with E-state index < -0.39 is 0 Å². The highest BCUT2D eigenvalue weighted by molar-refractivity contribution is 5.77. The molecule has 1 N–H and O–H groups in total. The van der Waals surface area contributed by atoms with Crippen LogP contribution in [0, 0.1) is 0 Å². The highest BCUT2D eigenvalue weighted by Crippen LogP contribution is 2.26. The van der Waals surface area contributed by atoms with Crippen molar-refractivity contribution in [2.24, 2.45) is 0 Å². The van der Waals surface area contributed by atoms with E-state index in [9.17, 15) is 4.79 Å². The van der Waals surface area contributed by atoms with Gasteiger partial charge in [0.05, 0.1) is 13.2 Å². The number of aliphatic hydroxyl groups is 1. The molecule has 0 amide bonds. The van der Waals surface area contributed by atoms with Crippen molar-refractivity contribution in [2.75, 3.05) is 19.8 Å². The molecule has 0 radical (unpaired) electrons. The molecule has 4 nitrogen and oxygen atoms in total. The van der Waals surface area contributed by atoms with E-state index in [1.807, 2.05) is 0 Å². The van der Waals surface area contributed by atoms with Gasteiger partial charge < -0.3 is 9.84 Å². The summed E-state index contributed by atoms with van der Waals surface area (Å²) in [6.07, 6.45) is 6.89. The number of nitrogens with zero attached hydrogens (tertiary/aromatic N) is 1. The number of rotatable bonds is 4. The standard InChI is InChI=1S/C12H21NO3/c14-8-7-13(10-4-2-1-3-5-10)11-6-9-16-12(11)15/h10-11,14H,1-9H2. The van der Waals surface area contributed by atoms with Crippen molar-refractivity contribution in [3.63, 3.8) is 0 Å². The summed E-state index contributed by atoms with van der Waals surface area (Å²) in [6.45, 7) is 1.27. The third-order valence-corrected chi connectivity index (χ3v) is 3.71. The predicted octanol–water partition coefficient (Wildman–Crippen LogP) is 0.929. The quantitative estimate of drug-likeness (QED) is 0.726. The zero-order chi connectivity index (χ0) is 11.4. The van der Waals surface area contributed by atoms with Gasteiger partial charge in [-0.1, -0.05) is 19.3 Å². The normalized spacial score (nSPS) is 27.4. The molecule has 1 atom stereocenters. The van der Waals surface area contributed by atoms with E-state index in [1.165, 1.54) is 19.3 Å². The summed E-state index contributed by atoms with van der Waals surface area (Å²) < 4.78 is 5.02. The molecular weight excluding hydrogens is 206 g/mol. The van der Waals surface area contributed by atoms with Crippen LogP contribution in [-0.2, 0) is 9.53 Å². The zero-order valence-corrected chi connectivity index (χ0v) is 9.73. The first-order chi connectivity index (χ1) is 7.83. The molecular formula is C12H21NO3. The van der Waals surface area contributed by atoms with Gasteiger partial charge in [-0.2, -0.15) is 0 Å². The van der Waals surface area contributed by atoms with Gasteiger partial charge in [0.2, 0.25) is 0 Å². The van der Waals surface area contributed by atoms with Crippen LogP contribution in [0.25, 0.3) is 0 Å². The fraction of sp³-hybridized carbons (Fsp3) is 0.917. The maximum atomic E-state index is 11.6. The number of aliphatic hydroxyl groups excluding tert-OH is 1. The lowest BCUT2D eigenvalue weighted by Crippen LogP contribution is -2.47. The summed E-state index contributed by atoms with van der Waals surface area (Å²) >= 11 is 0. The molecule has 2 aliphatic rings. The average Bonchev–Trinajstić information content (AvgIpc) is 2.73. The Morgan fingerprint density at radius 3 is 2.56 bits per heavy atom. The maximum Gasteiger partial charge on any atom is 0.323 e. The Balaban J connectivity index is 1.99. The molecule has 92 valence electrons. The Morgan fingerprint density at radius 1 is 1.25 bits per heavy atom. The Labute approximate surface area is 96.6 Å². The Hall–Kier alpha value is -0.610. The largest absolute Gasteiger partial charge is 0.464 e. The smallest absolute Gasteiger partial charge is 0.323 e. The molecule has 16 heavy (non-hydrogen) atoms. The number of ether oxygens (including phenoxy) is 1. The average molecular weight is 227 g/mol. The Morgan fingerprint density at radius 2 is 2.00 bits per heavy atom. The Bertz CT molecular complexity index is 238. The topological polar surface area (TPSA) is 49.8 Å². The number of hydrogen-bond donors (Lipinski definition) is 1. The summed E-state index contributed by atoms with van der Waals surface area (Å²) in [4.78, 5) is 13.8. The number of carbonyl (C=O) groups is 1. The lowest BCUT2D eigenvalue weighted by atomic mass is 9.93. The summed E-state index contributed by atoms with van der Waals surface area (Å²) in [5.41, 5.74) is 0. The molecule has 0 aromatic heterocycles. The van der Waals surface area contributed by atoms with E-state index in [2.05, 4.69) is 4.90 Å². The van der Waals surface area contributed by atoms with Gasteiger partial charge in [0, 0.05) is 19.0 Å². The molecule has 1 saturated carbocycles. The molecule has 1 unspecified atom stereocenters. The second-order valence-corrected chi connectivity index (χ2v) is 4.73. The molecule has 2 rings (SSSR count). The lowest BCUT2D eigenvalue weighted by Gasteiger charge is -2.36. The molecule has 0 aromatic rings. The second kappa shape index (κ2) is 5.64. The number of hydrogen-bond acceptors (Lipinski definition) is 4. The number of carbonyl (C=O) groups excluding carboxylic acids is 1. The van der Waals surface area contributed by atoms with Gasteiger partial charge >= 0.3 is 5.97 Å². The first kappa shape index (κ1) is 11.9. The van der Waals surface area contributed by atoms with Gasteiger partial charge in [-0.25, -0.2) is 0 Å². The molecule has 0 bridgehead atoms. The predicted molar refractivity (Wildman–Crippen MR) is 60.0 cm³/mol. The summed E-state index contributed by atoms with van der Waals surface area (Å²) in [5, 5.41) is 9.12. The monoisotopic (exact) mass is 227 g/mol. The second-order valence-electron chi connectivity index (χ2n) is 4.73. The summed E-state index contributed by atoms with van der Waals surface area (Å²) in [7, 11) is 0. The minimum Gasteiger partial charge on any atom is -0.464 e. The van der Waals surface area contributed by atoms with Gasteiger partial charge in [0.1, 0.15) is 6.04 Å². The maximum absolute atomic E-state index is 11.6. The fourth-order valence-corrected chi connectivity index (χ4v) is 2.91. The first-order valence-corrected chi connectivity index (χ1v) is 6.36. The van der Waals surface area contributed by atoms with Crippen molar-refractivity contribution in [3.05, 3.63) is 0 Å². The van der Waals surface area contributed by atoms with Gasteiger partial charge in [0.25, 0.3) is 0 Å². The van der Waals surface area contributed by atoms with Crippen LogP contribution in [0.5, 0.6) is 0 Å². The van der Waals surface area contributed by atoms with E-state index in [0.717, 1.165) is 19.3 Å². The van der Waals surface area contributed by atoms with Crippen LogP contribution in [0.3, 0.4) is 0 Å². The minimum atomic E-state index is -0.102. The highest BCUT2D eigenvalue weighted by atomic mass is 16.5. The van der Waals surface area contributed by atoms with Crippen LogP contribution in [0.4, 0.5) is 0 Å². The van der Waals surface area contributed by atoms with Crippen molar-refractivity contribution in [2.45, 2.75) is 50.6 Å². The van der Waals surface area contributed by atoms with Crippen molar-refractivity contribution < 1.29 is 14.6 Å². The van der Waals surface area contributed by atoms with Crippen LogP contribution in [0.15, 0.2) is 0 Å². The van der Waals surface area contributed by atoms with Crippen LogP contribution in [0.2, 0.25) is 0 Å². The molecule has 2 fully saturated rings. The van der Waals surface area contributed by atoms with Crippen LogP contribution < -0.4 is 0 Å². The van der Waals surface area contributed by atoms with Crippen LogP contribution >= 0.6 is 0 Å². The first-order valence-electron chi connectivity index (χ1n) is 6.36. The minimum absolute atomic E-state index is 0.0981. The van der Waals surface area contributed by atoms with E-state index in [4.69, 9.17) is 9.84 Å². The van der Waals surface area contributed by atoms with Gasteiger partial charge in [-0.3, -0.25) is 9.69 Å². The fourth-order valence-electron chi connectivity index (χ4n) is 2.91. The van der Waals surface area contributed by atoms with E-state index in [-0.39, 0.29) is 18.6 Å². The van der Waals surface area contributed by atoms with Crippen LogP contribution in [0.1, 0.15) is 38.5 Å². The van der Waals surface area contributed by atoms with Crippen molar-refractivity contribution >= 4 is 5.97 Å². The molecule has 1 aliphatic carbocycles. The summed E-state index contributed by atoms with van der Waals surface area (Å²) in [5.74, 6) is -0.0981. The third kappa shape index (κ3) is 2.55. The van der Waals surface area contributed by atoms with Gasteiger partial charge in [-0.15, -0.1) is 0 Å². The summed E-state index contributed by atoms with van der Waals surface area (Å²) in [6, 6.07) is 0.367. The zero-order valence-electron chi connectivity index (χ0n) is 9.73. The number of cyclic esters (lactones) is 1. The van der Waals surface area contributed by atoms with E-state index in [0.29, 0.717) is 19.2 Å². The lowest BCUT2D eigenvalue weighted by molar-refractivity contribution is -0.143. The van der Waals surface area contributed by atoms with Gasteiger partial charge in [0.15, 0.2) is 0 Å². The van der Waals surface area contributed by atoms with Crippen molar-refractivity contribution in [1.29, 1.82) is 0 Å². The number of esters is 1. The molecule has 4 heteroatoms. The SMILES string of the molecule is O=C1OCCC1N(CCO)C1CCCCC1. The van der Waals surface area contributed by atoms with E-state index >= 15 is 0 Å². The highest BCUT2D eigenvalue weighted by Gasteiger charge is 2.36. The molecule has 0 aromatic carbocycles. The van der Waals surface area contributed by atoms with E-state index in [1.54, 1.807) is 0 Å². The van der Waals surface area contributed by atoms with Crippen molar-refractivity contribution in [3.8, 4) is 0 Å².